The summed E-state index contributed by atoms with van der Waals surface area (Å²) in [7, 11) is 1.53. The first-order valence-corrected chi connectivity index (χ1v) is 11.0. The molecule has 0 bridgehead atoms. The zero-order valence-electron chi connectivity index (χ0n) is 17.8. The van der Waals surface area contributed by atoms with Gasteiger partial charge in [-0.25, -0.2) is 4.39 Å². The molecule has 1 unspecified atom stereocenters. The maximum Gasteiger partial charge on any atom is 0.262 e. The summed E-state index contributed by atoms with van der Waals surface area (Å²) in [5, 5.41) is 3.46. The summed E-state index contributed by atoms with van der Waals surface area (Å²) in [5.74, 6) is 0.0823. The van der Waals surface area contributed by atoms with Crippen molar-refractivity contribution in [2.75, 3.05) is 7.11 Å². The van der Waals surface area contributed by atoms with Gasteiger partial charge in [-0.2, -0.15) is 0 Å². The Morgan fingerprint density at radius 2 is 1.97 bits per heavy atom. The minimum atomic E-state index is -0.351. The van der Waals surface area contributed by atoms with Gasteiger partial charge in [-0.1, -0.05) is 24.3 Å². The molecule has 0 fully saturated rings. The minimum Gasteiger partial charge on any atom is -0.487 e. The van der Waals surface area contributed by atoms with Gasteiger partial charge in [0.15, 0.2) is 0 Å². The normalized spacial score (nSPS) is 12.0. The van der Waals surface area contributed by atoms with Gasteiger partial charge in [-0.15, -0.1) is 11.3 Å². The molecular formula is C25H23FN2O3S. The van der Waals surface area contributed by atoms with Crippen LogP contribution in [0.3, 0.4) is 0 Å². The predicted molar refractivity (Wildman–Crippen MR) is 123 cm³/mol. The van der Waals surface area contributed by atoms with Crippen molar-refractivity contribution in [3.63, 3.8) is 0 Å². The van der Waals surface area contributed by atoms with E-state index in [9.17, 15) is 9.18 Å². The molecule has 1 atom stereocenters. The van der Waals surface area contributed by atoms with Crippen LogP contribution in [-0.4, -0.2) is 18.0 Å². The Hall–Kier alpha value is -3.29. The molecule has 7 heteroatoms. The molecule has 5 nitrogen and oxygen atoms in total. The second-order valence-corrected chi connectivity index (χ2v) is 8.39. The third-order valence-electron chi connectivity index (χ3n) is 5.08. The maximum absolute atomic E-state index is 14.4. The predicted octanol–water partition coefficient (Wildman–Crippen LogP) is 5.65. The Labute approximate surface area is 189 Å². The van der Waals surface area contributed by atoms with Gasteiger partial charge in [0.2, 0.25) is 0 Å². The van der Waals surface area contributed by atoms with Crippen molar-refractivity contribution in [2.24, 2.45) is 0 Å². The molecule has 0 radical (unpaired) electrons. The lowest BCUT2D eigenvalue weighted by molar-refractivity contribution is 0.0939. The van der Waals surface area contributed by atoms with Crippen LogP contribution in [0.4, 0.5) is 4.39 Å². The molecule has 0 aliphatic heterocycles. The molecule has 164 valence electrons. The lowest BCUT2D eigenvalue weighted by Crippen LogP contribution is -2.26. The maximum atomic E-state index is 14.4. The van der Waals surface area contributed by atoms with E-state index in [1.807, 2.05) is 55.5 Å². The SMILES string of the molecule is COCc1c(C(=O)NC(C)c2cccc(OCc3ccccn3)c2)sc2cccc(F)c12. The quantitative estimate of drug-likeness (QED) is 0.377. The number of hydrogen-bond donors (Lipinski definition) is 1. The van der Waals surface area contributed by atoms with Crippen molar-refractivity contribution in [1.82, 2.24) is 10.3 Å². The van der Waals surface area contributed by atoms with Gasteiger partial charge in [0.25, 0.3) is 5.91 Å². The third-order valence-corrected chi connectivity index (χ3v) is 6.27. The van der Waals surface area contributed by atoms with Crippen molar-refractivity contribution in [2.45, 2.75) is 26.2 Å². The zero-order chi connectivity index (χ0) is 22.5. The van der Waals surface area contributed by atoms with Gasteiger partial charge < -0.3 is 14.8 Å². The highest BCUT2D eigenvalue weighted by atomic mass is 32.1. The number of thiophene rings is 1. The smallest absolute Gasteiger partial charge is 0.262 e. The molecule has 2 aromatic carbocycles. The van der Waals surface area contributed by atoms with Crippen LogP contribution in [0.2, 0.25) is 0 Å². The number of hydrogen-bond acceptors (Lipinski definition) is 5. The van der Waals surface area contributed by atoms with Crippen molar-refractivity contribution in [3.8, 4) is 5.75 Å². The van der Waals surface area contributed by atoms with E-state index in [2.05, 4.69) is 10.3 Å². The molecule has 0 saturated heterocycles. The van der Waals surface area contributed by atoms with E-state index in [1.165, 1.54) is 24.5 Å². The Balaban J connectivity index is 1.50. The van der Waals surface area contributed by atoms with Gasteiger partial charge in [0, 0.05) is 29.0 Å². The van der Waals surface area contributed by atoms with Gasteiger partial charge in [-0.3, -0.25) is 9.78 Å². The second kappa shape index (κ2) is 9.89. The van der Waals surface area contributed by atoms with E-state index in [4.69, 9.17) is 9.47 Å². The number of methoxy groups -OCH3 is 1. The van der Waals surface area contributed by atoms with Crippen LogP contribution in [0, 0.1) is 5.82 Å². The summed E-state index contributed by atoms with van der Waals surface area (Å²) in [5.41, 5.74) is 2.31. The Morgan fingerprint density at radius 3 is 2.75 bits per heavy atom. The molecule has 4 aromatic rings. The van der Waals surface area contributed by atoms with Crippen LogP contribution < -0.4 is 10.1 Å². The Kier molecular flexibility index (Phi) is 6.78. The molecule has 0 aliphatic carbocycles. The standard InChI is InChI=1S/C25H23FN2O3S/c1-16(17-7-5-9-19(13-17)31-14-18-8-3-4-12-27-18)28-25(29)24-20(15-30-2)23-21(26)10-6-11-22(23)32-24/h3-13,16H,14-15H2,1-2H3,(H,28,29). The third kappa shape index (κ3) is 4.79. The van der Waals surface area contributed by atoms with E-state index in [1.54, 1.807) is 12.3 Å². The Morgan fingerprint density at radius 1 is 1.12 bits per heavy atom. The first-order chi connectivity index (χ1) is 15.6. The van der Waals surface area contributed by atoms with Crippen molar-refractivity contribution in [3.05, 3.63) is 94.4 Å². The molecule has 2 aromatic heterocycles. The van der Waals surface area contributed by atoms with Crippen LogP contribution in [0.1, 0.15) is 39.5 Å². The highest BCUT2D eigenvalue weighted by Crippen LogP contribution is 2.34. The summed E-state index contributed by atoms with van der Waals surface area (Å²) < 4.78 is 26.2. The molecule has 0 aliphatic rings. The summed E-state index contributed by atoms with van der Waals surface area (Å²) in [6.07, 6.45) is 1.73. The van der Waals surface area contributed by atoms with Crippen LogP contribution in [-0.2, 0) is 18.0 Å². The fourth-order valence-corrected chi connectivity index (χ4v) is 4.62. The highest BCUT2D eigenvalue weighted by molar-refractivity contribution is 7.21. The number of rotatable bonds is 8. The highest BCUT2D eigenvalue weighted by Gasteiger charge is 2.22. The van der Waals surface area contributed by atoms with Crippen molar-refractivity contribution < 1.29 is 18.7 Å². The van der Waals surface area contributed by atoms with E-state index < -0.39 is 0 Å². The topological polar surface area (TPSA) is 60.5 Å². The lowest BCUT2D eigenvalue weighted by atomic mass is 10.1. The van der Waals surface area contributed by atoms with E-state index in [0.717, 1.165) is 16.0 Å². The van der Waals surface area contributed by atoms with Gasteiger partial charge in [0.1, 0.15) is 18.2 Å². The molecule has 1 amide bonds. The summed E-state index contributed by atoms with van der Waals surface area (Å²) in [6, 6.07) is 17.8. The molecule has 1 N–H and O–H groups in total. The number of pyridine rings is 1. The summed E-state index contributed by atoms with van der Waals surface area (Å²) >= 11 is 1.27. The number of halogens is 1. The van der Waals surface area contributed by atoms with E-state index >= 15 is 0 Å². The number of carbonyl (C=O) groups excluding carboxylic acids is 1. The molecule has 0 saturated carbocycles. The van der Waals surface area contributed by atoms with Crippen LogP contribution in [0.15, 0.2) is 66.9 Å². The van der Waals surface area contributed by atoms with Crippen LogP contribution in [0.5, 0.6) is 5.75 Å². The minimum absolute atomic E-state index is 0.162. The second-order valence-electron chi connectivity index (χ2n) is 7.33. The van der Waals surface area contributed by atoms with Gasteiger partial charge in [0.05, 0.1) is 23.2 Å². The summed E-state index contributed by atoms with van der Waals surface area (Å²) in [4.78, 5) is 17.8. The monoisotopic (exact) mass is 450 g/mol. The van der Waals surface area contributed by atoms with Crippen LogP contribution >= 0.6 is 11.3 Å². The molecule has 2 heterocycles. The number of benzene rings is 2. The van der Waals surface area contributed by atoms with Gasteiger partial charge in [-0.05, 0) is 48.9 Å². The number of aromatic nitrogens is 1. The van der Waals surface area contributed by atoms with Crippen molar-refractivity contribution >= 4 is 27.3 Å². The fraction of sp³-hybridized carbons (Fsp3) is 0.200. The molecule has 0 spiro atoms. The fourth-order valence-electron chi connectivity index (χ4n) is 3.49. The number of nitrogens with zero attached hydrogens (tertiary/aromatic N) is 1. The Bertz CT molecular complexity index is 1230. The first-order valence-electron chi connectivity index (χ1n) is 10.2. The van der Waals surface area contributed by atoms with E-state index in [0.29, 0.717) is 28.2 Å². The average Bonchev–Trinajstić information content (AvgIpc) is 3.19. The lowest BCUT2D eigenvalue weighted by Gasteiger charge is -2.16. The molecular weight excluding hydrogens is 427 g/mol. The first kappa shape index (κ1) is 21.9. The average molecular weight is 451 g/mol. The number of carbonyl (C=O) groups is 1. The number of nitrogens with one attached hydrogen (secondary N) is 1. The van der Waals surface area contributed by atoms with E-state index in [-0.39, 0.29) is 24.4 Å². The van der Waals surface area contributed by atoms with Gasteiger partial charge >= 0.3 is 0 Å². The molecule has 32 heavy (non-hydrogen) atoms. The number of fused-ring (bicyclic) bond motifs is 1. The number of ether oxygens (including phenoxy) is 2. The number of amides is 1. The van der Waals surface area contributed by atoms with Crippen molar-refractivity contribution in [1.29, 1.82) is 0 Å². The largest absolute Gasteiger partial charge is 0.487 e. The van der Waals surface area contributed by atoms with Crippen LogP contribution in [0.25, 0.3) is 10.1 Å². The molecule has 4 rings (SSSR count). The summed E-state index contributed by atoms with van der Waals surface area (Å²) in [6.45, 7) is 2.42. The zero-order valence-corrected chi connectivity index (χ0v) is 18.6.